The second-order valence-electron chi connectivity index (χ2n) is 8.70. The number of alkyl halides is 3. The van der Waals surface area contributed by atoms with Gasteiger partial charge < -0.3 is 10.0 Å². The molecular weight excluding hydrogens is 483 g/mol. The number of amides is 1. The summed E-state index contributed by atoms with van der Waals surface area (Å²) in [5, 5.41) is 12.6. The predicted molar refractivity (Wildman–Crippen MR) is 124 cm³/mol. The smallest absolute Gasteiger partial charge is 0.408 e. The van der Waals surface area contributed by atoms with Gasteiger partial charge in [-0.1, -0.05) is 48.0 Å². The maximum absolute atomic E-state index is 13.8. The molecule has 5 rings (SSSR count). The zero-order valence-corrected chi connectivity index (χ0v) is 19.3. The normalized spacial score (nSPS) is 18.4. The maximum atomic E-state index is 13.8. The minimum Gasteiger partial charge on any atom is -0.502 e. The monoisotopic (exact) mass is 503 g/mol. The first-order valence-corrected chi connectivity index (χ1v) is 11.4. The summed E-state index contributed by atoms with van der Waals surface area (Å²) in [6.45, 7) is 0.454. The lowest BCUT2D eigenvalue weighted by atomic mass is 9.94. The van der Waals surface area contributed by atoms with Crippen LogP contribution < -0.4 is 10.4 Å². The zero-order chi connectivity index (χ0) is 25.1. The third-order valence-electron chi connectivity index (χ3n) is 6.77. The van der Waals surface area contributed by atoms with Gasteiger partial charge in [0.2, 0.25) is 5.43 Å². The Morgan fingerprint density at radius 1 is 1.03 bits per heavy atom. The van der Waals surface area contributed by atoms with Gasteiger partial charge in [-0.2, -0.15) is 13.2 Å². The quantitative estimate of drug-likeness (QED) is 0.563. The van der Waals surface area contributed by atoms with Crippen molar-refractivity contribution in [1.82, 2.24) is 9.58 Å². The number of carbonyl (C=O) groups excluding carboxylic acids is 1. The van der Waals surface area contributed by atoms with Gasteiger partial charge in [-0.25, -0.2) is 0 Å². The summed E-state index contributed by atoms with van der Waals surface area (Å²) < 4.78 is 42.6. The standard InChI is InChI=1S/C25H21ClF3N3O3/c1-14(25(27,28)29)30-13-32(31-12-11-20(33)23(34)22(31)24(30)35)21-16-6-3-2-5-15(16)9-10-17-18(21)7-4-8-19(17)26/h2-8,11-12,14,21,34H,9-10,13H2,1H3/t14-,21-/m1/s1. The molecule has 0 radical (unpaired) electrons. The number of hydrogen-bond donors (Lipinski definition) is 1. The molecule has 1 amide bonds. The highest BCUT2D eigenvalue weighted by atomic mass is 35.5. The lowest BCUT2D eigenvalue weighted by Gasteiger charge is -2.46. The fraction of sp³-hybridized carbons (Fsp3) is 0.280. The summed E-state index contributed by atoms with van der Waals surface area (Å²) in [6.07, 6.45) is -2.11. The fourth-order valence-corrected chi connectivity index (χ4v) is 5.18. The molecule has 0 unspecified atom stereocenters. The first-order valence-electron chi connectivity index (χ1n) is 11.0. The van der Waals surface area contributed by atoms with Crippen LogP contribution in [0.3, 0.4) is 0 Å². The molecule has 2 atom stereocenters. The van der Waals surface area contributed by atoms with Crippen molar-refractivity contribution in [2.24, 2.45) is 0 Å². The van der Waals surface area contributed by atoms with Crippen molar-refractivity contribution in [2.45, 2.75) is 38.0 Å². The molecule has 0 saturated heterocycles. The molecule has 1 aliphatic carbocycles. The number of benzene rings is 2. The van der Waals surface area contributed by atoms with Crippen molar-refractivity contribution in [1.29, 1.82) is 0 Å². The minimum atomic E-state index is -4.71. The minimum absolute atomic E-state index is 0.431. The number of aryl methyl sites for hydroxylation is 1. The van der Waals surface area contributed by atoms with Crippen LogP contribution in [-0.2, 0) is 12.8 Å². The predicted octanol–water partition coefficient (Wildman–Crippen LogP) is 4.40. The number of fused-ring (bicyclic) bond motifs is 3. The summed E-state index contributed by atoms with van der Waals surface area (Å²) in [4.78, 5) is 26.0. The van der Waals surface area contributed by atoms with E-state index >= 15 is 0 Å². The molecule has 182 valence electrons. The van der Waals surface area contributed by atoms with Crippen molar-refractivity contribution >= 4 is 17.5 Å². The molecule has 3 aromatic rings. The summed E-state index contributed by atoms with van der Waals surface area (Å²) in [6, 6.07) is 11.3. The van der Waals surface area contributed by atoms with E-state index in [1.165, 1.54) is 10.9 Å². The second kappa shape index (κ2) is 8.34. The molecule has 0 saturated carbocycles. The summed E-state index contributed by atoms with van der Waals surface area (Å²) in [5.74, 6) is -1.97. The molecule has 0 spiro atoms. The van der Waals surface area contributed by atoms with Crippen molar-refractivity contribution in [3.05, 3.63) is 97.9 Å². The highest BCUT2D eigenvalue weighted by Crippen LogP contribution is 2.41. The number of aromatic hydroxyl groups is 1. The zero-order valence-electron chi connectivity index (χ0n) is 18.6. The van der Waals surface area contributed by atoms with E-state index in [0.29, 0.717) is 22.8 Å². The average molecular weight is 504 g/mol. The first kappa shape index (κ1) is 23.3. The van der Waals surface area contributed by atoms with Crippen molar-refractivity contribution in [3.8, 4) is 5.75 Å². The molecule has 1 aliphatic heterocycles. The van der Waals surface area contributed by atoms with Crippen LogP contribution in [0.25, 0.3) is 0 Å². The lowest BCUT2D eigenvalue weighted by molar-refractivity contribution is -0.173. The maximum Gasteiger partial charge on any atom is 0.408 e. The largest absolute Gasteiger partial charge is 0.502 e. The van der Waals surface area contributed by atoms with Crippen LogP contribution in [0.5, 0.6) is 5.75 Å². The van der Waals surface area contributed by atoms with Gasteiger partial charge in [-0.05, 0) is 48.1 Å². The third-order valence-corrected chi connectivity index (χ3v) is 7.13. The van der Waals surface area contributed by atoms with E-state index < -0.39 is 47.7 Å². The molecule has 1 aromatic heterocycles. The van der Waals surface area contributed by atoms with Crippen LogP contribution in [0, 0.1) is 0 Å². The number of carbonyl (C=O) groups is 1. The van der Waals surface area contributed by atoms with Gasteiger partial charge in [-0.3, -0.25) is 19.3 Å². The van der Waals surface area contributed by atoms with E-state index in [4.69, 9.17) is 11.6 Å². The molecule has 2 aromatic carbocycles. The van der Waals surface area contributed by atoms with Crippen molar-refractivity contribution in [3.63, 3.8) is 0 Å². The Morgan fingerprint density at radius 2 is 1.74 bits per heavy atom. The first-order chi connectivity index (χ1) is 16.6. The molecule has 10 heteroatoms. The fourth-order valence-electron chi connectivity index (χ4n) is 4.91. The van der Waals surface area contributed by atoms with Gasteiger partial charge in [0.05, 0.1) is 6.04 Å². The van der Waals surface area contributed by atoms with E-state index in [1.807, 2.05) is 30.3 Å². The van der Waals surface area contributed by atoms with Crippen LogP contribution in [-0.4, -0.2) is 39.5 Å². The molecule has 0 fully saturated rings. The molecule has 2 aliphatic rings. The number of halogens is 4. The molecule has 6 nitrogen and oxygen atoms in total. The van der Waals surface area contributed by atoms with Gasteiger partial charge in [0.1, 0.15) is 12.7 Å². The number of nitrogens with zero attached hydrogens (tertiary/aromatic N) is 3. The Kier molecular flexibility index (Phi) is 5.55. The van der Waals surface area contributed by atoms with Crippen LogP contribution in [0.2, 0.25) is 5.02 Å². The van der Waals surface area contributed by atoms with Gasteiger partial charge in [0.25, 0.3) is 5.91 Å². The van der Waals surface area contributed by atoms with Crippen LogP contribution in [0.4, 0.5) is 13.2 Å². The number of pyridine rings is 1. The third kappa shape index (κ3) is 3.74. The highest BCUT2D eigenvalue weighted by Gasteiger charge is 2.47. The molecule has 1 N–H and O–H groups in total. The Labute approximate surface area is 203 Å². The molecule has 35 heavy (non-hydrogen) atoms. The second-order valence-corrected chi connectivity index (χ2v) is 9.11. The van der Waals surface area contributed by atoms with Crippen LogP contribution >= 0.6 is 11.6 Å². The van der Waals surface area contributed by atoms with E-state index in [-0.39, 0.29) is 0 Å². The van der Waals surface area contributed by atoms with Crippen molar-refractivity contribution < 1.29 is 23.1 Å². The highest BCUT2D eigenvalue weighted by molar-refractivity contribution is 6.31. The summed E-state index contributed by atoms with van der Waals surface area (Å²) >= 11 is 6.55. The topological polar surface area (TPSA) is 65.8 Å². The van der Waals surface area contributed by atoms with E-state index in [0.717, 1.165) is 35.2 Å². The van der Waals surface area contributed by atoms with Crippen molar-refractivity contribution in [2.75, 3.05) is 11.7 Å². The molecular formula is C25H21ClF3N3O3. The van der Waals surface area contributed by atoms with Gasteiger partial charge >= 0.3 is 6.18 Å². The van der Waals surface area contributed by atoms with Crippen LogP contribution in [0.15, 0.2) is 59.5 Å². The van der Waals surface area contributed by atoms with E-state index in [2.05, 4.69) is 0 Å². The van der Waals surface area contributed by atoms with Crippen LogP contribution in [0.1, 0.15) is 45.7 Å². The summed E-state index contributed by atoms with van der Waals surface area (Å²) in [7, 11) is 0. The molecule has 2 heterocycles. The van der Waals surface area contributed by atoms with Gasteiger partial charge in [0.15, 0.2) is 11.4 Å². The van der Waals surface area contributed by atoms with E-state index in [9.17, 15) is 27.9 Å². The Hall–Kier alpha value is -3.46. The number of rotatable bonds is 2. The van der Waals surface area contributed by atoms with E-state index in [1.54, 1.807) is 17.1 Å². The SMILES string of the molecule is C[C@@H](N1CN([C@@H]2c3ccccc3CCc3c(Cl)cccc32)n2ccc(=O)c(O)c2C1=O)C(F)(F)F. The van der Waals surface area contributed by atoms with Gasteiger partial charge in [0, 0.05) is 17.3 Å². The lowest BCUT2D eigenvalue weighted by Crippen LogP contribution is -2.60. The Bertz CT molecular complexity index is 1390. The van der Waals surface area contributed by atoms with Gasteiger partial charge in [-0.15, -0.1) is 0 Å². The Balaban J connectivity index is 1.79. The Morgan fingerprint density at radius 3 is 2.49 bits per heavy atom. The number of hydrogen-bond acceptors (Lipinski definition) is 4. The molecule has 0 bridgehead atoms. The number of aromatic nitrogens is 1. The summed E-state index contributed by atoms with van der Waals surface area (Å²) in [5.41, 5.74) is 2.10. The average Bonchev–Trinajstić information content (AvgIpc) is 2.98.